The number of aliphatic hydroxyl groups is 1. The summed E-state index contributed by atoms with van der Waals surface area (Å²) in [5.41, 5.74) is 0. The van der Waals surface area contributed by atoms with Gasteiger partial charge in [-0.3, -0.25) is 4.79 Å². The molecule has 6 heteroatoms. The van der Waals surface area contributed by atoms with Crippen molar-refractivity contribution < 1.29 is 24.5 Å². The number of rotatable bonds is 4. The highest BCUT2D eigenvalue weighted by Gasteiger charge is 2.33. The van der Waals surface area contributed by atoms with Crippen LogP contribution in [0.3, 0.4) is 0 Å². The van der Waals surface area contributed by atoms with Crippen molar-refractivity contribution in [1.82, 2.24) is 5.32 Å². The van der Waals surface area contributed by atoms with E-state index in [4.69, 9.17) is 14.9 Å². The summed E-state index contributed by atoms with van der Waals surface area (Å²) in [5.74, 6) is -1.64. The summed E-state index contributed by atoms with van der Waals surface area (Å²) in [6, 6.07) is -1.26. The quantitative estimate of drug-likeness (QED) is 0.559. The Hall–Kier alpha value is -1.14. The van der Waals surface area contributed by atoms with Crippen LogP contribution in [0.25, 0.3) is 0 Å². The third-order valence-electron chi connectivity index (χ3n) is 2.44. The molecule has 0 radical (unpaired) electrons. The number of aliphatic carboxylic acids is 1. The number of carbonyl (C=O) groups excluding carboxylic acids is 1. The van der Waals surface area contributed by atoms with E-state index in [1.54, 1.807) is 0 Å². The Morgan fingerprint density at radius 2 is 2.27 bits per heavy atom. The van der Waals surface area contributed by atoms with Crippen molar-refractivity contribution in [3.63, 3.8) is 0 Å². The number of ether oxygens (including phenoxy) is 1. The van der Waals surface area contributed by atoms with Crippen LogP contribution in [0.4, 0.5) is 0 Å². The number of hydrogen-bond acceptors (Lipinski definition) is 4. The Balaban J connectivity index is 2.50. The molecule has 0 bridgehead atoms. The molecule has 2 unspecified atom stereocenters. The van der Waals surface area contributed by atoms with Crippen molar-refractivity contribution >= 4 is 11.9 Å². The van der Waals surface area contributed by atoms with Crippen LogP contribution in [-0.2, 0) is 14.3 Å². The zero-order chi connectivity index (χ0) is 11.4. The molecular weight excluding hydrogens is 202 g/mol. The molecule has 0 aromatic heterocycles. The van der Waals surface area contributed by atoms with Gasteiger partial charge in [-0.2, -0.15) is 0 Å². The molecule has 0 aromatic carbocycles. The van der Waals surface area contributed by atoms with Gasteiger partial charge >= 0.3 is 5.97 Å². The predicted molar refractivity (Wildman–Crippen MR) is 50.2 cm³/mol. The summed E-state index contributed by atoms with van der Waals surface area (Å²) in [7, 11) is 0. The topological polar surface area (TPSA) is 95.9 Å². The molecular formula is C9H15NO5. The maximum absolute atomic E-state index is 11.5. The third kappa shape index (κ3) is 2.90. The van der Waals surface area contributed by atoms with Gasteiger partial charge in [0.1, 0.15) is 12.1 Å². The maximum atomic E-state index is 11.5. The molecule has 1 fully saturated rings. The molecule has 6 nitrogen and oxygen atoms in total. The van der Waals surface area contributed by atoms with Gasteiger partial charge in [-0.1, -0.05) is 6.92 Å². The van der Waals surface area contributed by atoms with Gasteiger partial charge in [0.15, 0.2) is 0 Å². The van der Waals surface area contributed by atoms with Crippen molar-refractivity contribution in [2.24, 2.45) is 5.92 Å². The maximum Gasteiger partial charge on any atom is 0.328 e. The monoisotopic (exact) mass is 217 g/mol. The lowest BCUT2D eigenvalue weighted by Crippen LogP contribution is -2.48. The highest BCUT2D eigenvalue weighted by Crippen LogP contribution is 2.19. The molecule has 3 atom stereocenters. The van der Waals surface area contributed by atoms with E-state index < -0.39 is 30.6 Å². The largest absolute Gasteiger partial charge is 0.480 e. The molecule has 86 valence electrons. The highest BCUT2D eigenvalue weighted by molar-refractivity contribution is 5.86. The highest BCUT2D eigenvalue weighted by atomic mass is 16.5. The number of aliphatic hydroxyl groups excluding tert-OH is 1. The normalized spacial score (nSPS) is 27.3. The van der Waals surface area contributed by atoms with Gasteiger partial charge in [0.25, 0.3) is 0 Å². The van der Waals surface area contributed by atoms with Gasteiger partial charge < -0.3 is 20.3 Å². The lowest BCUT2D eigenvalue weighted by Gasteiger charge is -2.17. The minimum atomic E-state index is -1.26. The molecule has 0 spiro atoms. The van der Waals surface area contributed by atoms with Crippen LogP contribution in [0.2, 0.25) is 0 Å². The van der Waals surface area contributed by atoms with E-state index in [-0.39, 0.29) is 5.92 Å². The minimum absolute atomic E-state index is 0.0816. The summed E-state index contributed by atoms with van der Waals surface area (Å²) in [6.45, 7) is 1.75. The van der Waals surface area contributed by atoms with Gasteiger partial charge in [-0.05, 0) is 12.3 Å². The number of carboxylic acids is 1. The summed E-state index contributed by atoms with van der Waals surface area (Å²) in [5, 5.41) is 19.6. The van der Waals surface area contributed by atoms with Crippen LogP contribution >= 0.6 is 0 Å². The van der Waals surface area contributed by atoms with Crippen molar-refractivity contribution in [3.8, 4) is 0 Å². The van der Waals surface area contributed by atoms with Gasteiger partial charge in [-0.25, -0.2) is 4.79 Å². The Bertz CT molecular complexity index is 255. The average molecular weight is 217 g/mol. The molecule has 1 aliphatic heterocycles. The smallest absolute Gasteiger partial charge is 0.328 e. The molecule has 1 aliphatic rings. The van der Waals surface area contributed by atoms with E-state index in [0.717, 1.165) is 6.42 Å². The van der Waals surface area contributed by atoms with Crippen LogP contribution in [0, 0.1) is 5.92 Å². The van der Waals surface area contributed by atoms with Crippen molar-refractivity contribution in [3.05, 3.63) is 0 Å². The fourth-order valence-electron chi connectivity index (χ4n) is 1.47. The molecule has 0 aromatic rings. The lowest BCUT2D eigenvalue weighted by atomic mass is 10.0. The first-order valence-corrected chi connectivity index (χ1v) is 4.82. The number of amides is 1. The van der Waals surface area contributed by atoms with Crippen molar-refractivity contribution in [2.75, 3.05) is 13.2 Å². The fourth-order valence-corrected chi connectivity index (χ4v) is 1.47. The van der Waals surface area contributed by atoms with Crippen LogP contribution in [-0.4, -0.2) is 47.4 Å². The second-order valence-electron chi connectivity index (χ2n) is 3.64. The average Bonchev–Trinajstić information content (AvgIpc) is 2.60. The molecule has 1 saturated heterocycles. The van der Waals surface area contributed by atoms with E-state index in [9.17, 15) is 9.59 Å². The lowest BCUT2D eigenvalue weighted by molar-refractivity contribution is -0.145. The van der Waals surface area contributed by atoms with Gasteiger partial charge in [0.05, 0.1) is 6.61 Å². The van der Waals surface area contributed by atoms with Gasteiger partial charge in [0, 0.05) is 6.61 Å². The summed E-state index contributed by atoms with van der Waals surface area (Å²) >= 11 is 0. The van der Waals surface area contributed by atoms with Crippen molar-refractivity contribution in [1.29, 1.82) is 0 Å². The van der Waals surface area contributed by atoms with Crippen LogP contribution in [0.5, 0.6) is 0 Å². The minimum Gasteiger partial charge on any atom is -0.480 e. The molecule has 1 rings (SSSR count). The van der Waals surface area contributed by atoms with Gasteiger partial charge in [-0.15, -0.1) is 0 Å². The standard InChI is InChI=1S/C9H15NO5/c1-5-2-3-15-7(5)8(12)10-6(4-11)9(13)14/h5-7,11H,2-4H2,1H3,(H,10,12)(H,13,14)/t5?,6-,7?/m1/s1. The molecule has 1 amide bonds. The van der Waals surface area contributed by atoms with E-state index in [1.807, 2.05) is 6.92 Å². The molecule has 3 N–H and O–H groups in total. The Kier molecular flexibility index (Phi) is 4.05. The van der Waals surface area contributed by atoms with E-state index in [0.29, 0.717) is 6.61 Å². The summed E-state index contributed by atoms with van der Waals surface area (Å²) in [6.07, 6.45) is 0.188. The Morgan fingerprint density at radius 3 is 2.67 bits per heavy atom. The number of nitrogens with one attached hydrogen (secondary N) is 1. The number of carbonyl (C=O) groups is 2. The predicted octanol–water partition coefficient (Wildman–Crippen LogP) is -1.03. The molecule has 0 saturated carbocycles. The van der Waals surface area contributed by atoms with E-state index in [1.165, 1.54) is 0 Å². The van der Waals surface area contributed by atoms with E-state index >= 15 is 0 Å². The van der Waals surface area contributed by atoms with Crippen LogP contribution < -0.4 is 5.32 Å². The first kappa shape index (κ1) is 11.9. The molecule has 1 heterocycles. The second kappa shape index (κ2) is 5.09. The van der Waals surface area contributed by atoms with E-state index in [2.05, 4.69) is 5.32 Å². The Labute approximate surface area is 87.2 Å². The van der Waals surface area contributed by atoms with Crippen LogP contribution in [0.1, 0.15) is 13.3 Å². The first-order chi connectivity index (χ1) is 7.06. The summed E-state index contributed by atoms with van der Waals surface area (Å²) in [4.78, 5) is 22.1. The third-order valence-corrected chi connectivity index (χ3v) is 2.44. The molecule has 0 aliphatic carbocycles. The first-order valence-electron chi connectivity index (χ1n) is 4.82. The fraction of sp³-hybridized carbons (Fsp3) is 0.778. The zero-order valence-electron chi connectivity index (χ0n) is 8.47. The van der Waals surface area contributed by atoms with Crippen LogP contribution in [0.15, 0.2) is 0 Å². The second-order valence-corrected chi connectivity index (χ2v) is 3.64. The SMILES string of the molecule is CC1CCOC1C(=O)N[C@H](CO)C(=O)O. The number of hydrogen-bond donors (Lipinski definition) is 3. The zero-order valence-corrected chi connectivity index (χ0v) is 8.47. The van der Waals surface area contributed by atoms with Crippen molar-refractivity contribution in [2.45, 2.75) is 25.5 Å². The summed E-state index contributed by atoms with van der Waals surface area (Å²) < 4.78 is 5.17. The molecule has 15 heavy (non-hydrogen) atoms. The Morgan fingerprint density at radius 1 is 1.60 bits per heavy atom. The number of carboxylic acid groups (broad SMARTS) is 1. The van der Waals surface area contributed by atoms with Gasteiger partial charge in [0.2, 0.25) is 5.91 Å².